The number of hydrogen-bond donors (Lipinski definition) is 0. The molecule has 0 amide bonds. The third kappa shape index (κ3) is 13.0. The van der Waals surface area contributed by atoms with Gasteiger partial charge in [0.25, 0.3) is 0 Å². The maximum absolute atomic E-state index is 6.56. The molecule has 0 bridgehead atoms. The zero-order valence-corrected chi connectivity index (χ0v) is 65.2. The van der Waals surface area contributed by atoms with E-state index in [1.807, 2.05) is 12.1 Å². The first kappa shape index (κ1) is 69.6. The van der Waals surface area contributed by atoms with Gasteiger partial charge in [0.1, 0.15) is 16.1 Å². The molecular weight excluding hydrogens is 1390 g/mol. The average Bonchev–Trinajstić information content (AvgIpc) is 1.55. The van der Waals surface area contributed by atoms with Gasteiger partial charge in [0.2, 0.25) is 11.8 Å². The first-order chi connectivity index (χ1) is 54.8. The molecule has 1 unspecified atom stereocenters. The van der Waals surface area contributed by atoms with Crippen LogP contribution in [0.1, 0.15) is 44.5 Å². The number of anilines is 3. The summed E-state index contributed by atoms with van der Waals surface area (Å²) in [6, 6.07) is 161. The minimum absolute atomic E-state index is 0.462. The number of aromatic nitrogens is 2. The van der Waals surface area contributed by atoms with E-state index in [9.17, 15) is 0 Å². The van der Waals surface area contributed by atoms with Crippen LogP contribution in [0.25, 0.3) is 77.1 Å². The summed E-state index contributed by atoms with van der Waals surface area (Å²) in [5, 5.41) is 20.4. The third-order valence-electron chi connectivity index (χ3n) is 22.9. The van der Waals surface area contributed by atoms with Crippen molar-refractivity contribution in [2.75, 3.05) is 4.90 Å². The topological polar surface area (TPSA) is 42.2 Å². The number of benzene rings is 15. The largest absolute Gasteiger partial charge is 0.416 e. The number of nitrogens with zero attached hydrogens (tertiary/aromatic N) is 3. The fraction of sp³-hybridized carbons (Fsp3) is 0.0385. The van der Waals surface area contributed by atoms with Crippen molar-refractivity contribution in [3.8, 4) is 34.0 Å². The first-order valence-corrected chi connectivity index (χ1v) is 45.9. The molecule has 0 fully saturated rings. The summed E-state index contributed by atoms with van der Waals surface area (Å²) in [4.78, 5) is 2.25. The average molecular weight is 1470 g/mol. The number of rotatable bonds is 21. The third-order valence-corrected chi connectivity index (χ3v) is 37.2. The van der Waals surface area contributed by atoms with E-state index in [0.717, 1.165) is 51.4 Å². The molecule has 2 aliphatic rings. The second-order valence-corrected chi connectivity index (χ2v) is 41.5. The molecule has 1 atom stereocenters. The summed E-state index contributed by atoms with van der Waals surface area (Å²) in [5.74, 6) is 0.928. The molecule has 15 aromatic carbocycles. The van der Waals surface area contributed by atoms with Crippen LogP contribution in [-0.4, -0.2) is 34.4 Å². The van der Waals surface area contributed by atoms with E-state index in [-0.39, 0.29) is 0 Å². The summed E-state index contributed by atoms with van der Waals surface area (Å²) in [6.45, 7) is 5.45. The van der Waals surface area contributed by atoms with Crippen LogP contribution in [0.2, 0.25) is 25.2 Å². The maximum Gasteiger partial charge on any atom is 0.248 e. The Morgan fingerprint density at radius 3 is 0.802 bits per heavy atom. The SMILES string of the molecule is C[Si]1(CC[Si]2(C)C(c3ccccc3)=C(c3ccccc3)C(c3cccc(-c4ccc([Si](c5ccccc5)(c5ccccc5)c5ccc(-c6nnc(-c7ccc(N(c8ccccc8)c8ccccc8)cc7)o6)cc5)cc4)c3)=C2c2ccccc2)C(c2ccccc2)=C(c2ccccc2)C(c2ccccc2)=C1c1ccccc1. The molecule has 1 aromatic heterocycles. The summed E-state index contributed by atoms with van der Waals surface area (Å²) >= 11 is 0. The summed E-state index contributed by atoms with van der Waals surface area (Å²) in [5.41, 5.74) is 22.7. The second kappa shape index (κ2) is 30.5. The number of allylic oxidation sites excluding steroid dienone is 4. The van der Waals surface area contributed by atoms with Crippen molar-refractivity contribution in [3.05, 3.63) is 475 Å². The predicted molar refractivity (Wildman–Crippen MR) is 474 cm³/mol. The molecule has 0 saturated carbocycles. The molecule has 3 heterocycles. The van der Waals surface area contributed by atoms with E-state index in [2.05, 4.69) is 447 Å². The van der Waals surface area contributed by atoms with E-state index < -0.39 is 24.2 Å². The van der Waals surface area contributed by atoms with Gasteiger partial charge in [0.05, 0.1) is 0 Å². The predicted octanol–water partition coefficient (Wildman–Crippen LogP) is 24.0. The van der Waals surface area contributed by atoms with Gasteiger partial charge in [-0.15, -0.1) is 10.2 Å². The normalized spacial score (nSPS) is 14.8. The van der Waals surface area contributed by atoms with Gasteiger partial charge in [-0.05, 0) is 186 Å². The van der Waals surface area contributed by atoms with E-state index in [4.69, 9.17) is 4.42 Å². The van der Waals surface area contributed by atoms with Crippen LogP contribution in [0.4, 0.5) is 17.1 Å². The van der Waals surface area contributed by atoms with Gasteiger partial charge in [-0.25, -0.2) is 0 Å². The Labute approximate surface area is 654 Å². The second-order valence-electron chi connectivity index (χ2n) is 29.4. The van der Waals surface area contributed by atoms with E-state index in [0.29, 0.717) is 11.8 Å². The summed E-state index contributed by atoms with van der Waals surface area (Å²) < 4.78 is 6.56. The van der Waals surface area contributed by atoms with Crippen molar-refractivity contribution in [1.82, 2.24) is 10.2 Å². The molecule has 0 radical (unpaired) electrons. The Hall–Kier alpha value is -13.1. The van der Waals surface area contributed by atoms with Crippen molar-refractivity contribution in [3.63, 3.8) is 0 Å². The lowest BCUT2D eigenvalue weighted by atomic mass is 9.88. The van der Waals surface area contributed by atoms with Crippen LogP contribution < -0.4 is 25.6 Å². The van der Waals surface area contributed by atoms with Crippen LogP contribution in [0.15, 0.2) is 435 Å². The lowest BCUT2D eigenvalue weighted by molar-refractivity contribution is 0.584. The fourth-order valence-electron chi connectivity index (χ4n) is 17.9. The Kier molecular flexibility index (Phi) is 19.1. The van der Waals surface area contributed by atoms with Gasteiger partial charge in [-0.1, -0.05) is 389 Å². The Bertz CT molecular complexity index is 5890. The Balaban J connectivity index is 0.753. The minimum atomic E-state index is -3.04. The molecule has 0 aliphatic carbocycles. The van der Waals surface area contributed by atoms with Gasteiger partial charge < -0.3 is 9.32 Å². The standard InChI is InChI=1S/C104H81N3OSi3/c1-109(99(80-43-20-6-21-44-80)95(77-37-14-3-15-38-77)96(78-39-16-4-17-40-78)100(109)81-45-22-7-23-46-81)73-74-110(2)101(82-47-24-8-25-48-82)97(79-41-18-5-19-42-79)98(102(110)83-49-26-9-27-50-83)87-52-36-51-86(75-87)76-63-69-93(70-64-76)111(91-57-32-12-33-58-91,92-59-34-13-35-60-92)94-71-65-85(66-72-94)104-106-105-103(108-104)84-61-67-90(68-62-84)107(88-53-28-10-29-54-88)89-55-30-11-31-56-89/h3-72,75H,73-74H2,1-2H3. The van der Waals surface area contributed by atoms with Crippen molar-refractivity contribution < 1.29 is 4.42 Å². The highest BCUT2D eigenvalue weighted by atomic mass is 28.3. The summed E-state index contributed by atoms with van der Waals surface area (Å²) in [6.07, 6.45) is 0. The maximum atomic E-state index is 6.56. The molecular formula is C104H81N3OSi3. The van der Waals surface area contributed by atoms with E-state index in [1.54, 1.807) is 0 Å². The molecule has 16 aromatic rings. The van der Waals surface area contributed by atoms with Gasteiger partial charge >= 0.3 is 0 Å². The van der Waals surface area contributed by atoms with Crippen LogP contribution in [0.5, 0.6) is 0 Å². The van der Waals surface area contributed by atoms with Crippen molar-refractivity contribution in [2.45, 2.75) is 25.2 Å². The monoisotopic (exact) mass is 1470 g/mol. The van der Waals surface area contributed by atoms with Gasteiger partial charge in [0.15, 0.2) is 8.07 Å². The van der Waals surface area contributed by atoms with Crippen LogP contribution >= 0.6 is 0 Å². The number of para-hydroxylation sites is 2. The van der Waals surface area contributed by atoms with Crippen molar-refractivity contribution in [1.29, 1.82) is 0 Å². The highest BCUT2D eigenvalue weighted by molar-refractivity contribution is 7.20. The first-order valence-electron chi connectivity index (χ1n) is 38.5. The molecule has 2 aliphatic heterocycles. The Morgan fingerprint density at radius 2 is 0.468 bits per heavy atom. The quantitative estimate of drug-likeness (QED) is 0.0531. The number of hydrogen-bond acceptors (Lipinski definition) is 4. The zero-order chi connectivity index (χ0) is 74.6. The molecule has 111 heavy (non-hydrogen) atoms. The fourth-order valence-corrected chi connectivity index (χ4v) is 34.6. The van der Waals surface area contributed by atoms with Crippen LogP contribution in [0, 0.1) is 0 Å². The molecule has 0 spiro atoms. The van der Waals surface area contributed by atoms with E-state index in [1.165, 1.54) is 108 Å². The van der Waals surface area contributed by atoms with Crippen molar-refractivity contribution in [2.24, 2.45) is 0 Å². The van der Waals surface area contributed by atoms with Crippen LogP contribution in [0.3, 0.4) is 0 Å². The lowest BCUT2D eigenvalue weighted by Gasteiger charge is -2.37. The molecule has 4 nitrogen and oxygen atoms in total. The minimum Gasteiger partial charge on any atom is -0.416 e. The van der Waals surface area contributed by atoms with Gasteiger partial charge in [0, 0.05) is 28.2 Å². The van der Waals surface area contributed by atoms with Crippen LogP contribution in [-0.2, 0) is 0 Å². The van der Waals surface area contributed by atoms with Crippen molar-refractivity contribution >= 4 is 105 Å². The Morgan fingerprint density at radius 1 is 0.225 bits per heavy atom. The highest BCUT2D eigenvalue weighted by Crippen LogP contribution is 2.62. The van der Waals surface area contributed by atoms with E-state index >= 15 is 0 Å². The van der Waals surface area contributed by atoms with Gasteiger partial charge in [-0.2, -0.15) is 0 Å². The summed E-state index contributed by atoms with van der Waals surface area (Å²) in [7, 11) is -8.81. The zero-order valence-electron chi connectivity index (χ0n) is 62.2. The lowest BCUT2D eigenvalue weighted by Crippen LogP contribution is -2.74. The molecule has 0 N–H and O–H groups in total. The van der Waals surface area contributed by atoms with Gasteiger partial charge in [-0.3, -0.25) is 0 Å². The molecule has 0 saturated heterocycles. The molecule has 530 valence electrons. The molecule has 7 heteroatoms. The molecule has 18 rings (SSSR count). The smallest absolute Gasteiger partial charge is 0.248 e. The highest BCUT2D eigenvalue weighted by Gasteiger charge is 2.52.